The fourth-order valence-corrected chi connectivity index (χ4v) is 2.33. The van der Waals surface area contributed by atoms with E-state index in [9.17, 15) is 19.2 Å². The van der Waals surface area contributed by atoms with Crippen molar-refractivity contribution >= 4 is 23.6 Å². The molecule has 0 aliphatic heterocycles. The number of amides is 4. The quantitative estimate of drug-likeness (QED) is 0.339. The zero-order valence-electron chi connectivity index (χ0n) is 16.4. The fraction of sp³-hybridized carbons (Fsp3) is 0.474. The van der Waals surface area contributed by atoms with Crippen LogP contribution >= 0.6 is 0 Å². The largest absolute Gasteiger partial charge is 0.368 e. The summed E-state index contributed by atoms with van der Waals surface area (Å²) in [7, 11) is 0. The smallest absolute Gasteiger partial charge is 0.243 e. The first-order valence-corrected chi connectivity index (χ1v) is 9.08. The molecule has 0 spiro atoms. The Kier molecular flexibility index (Phi) is 9.10. The molecule has 154 valence electrons. The molecule has 3 atom stereocenters. The van der Waals surface area contributed by atoms with Gasteiger partial charge < -0.3 is 27.4 Å². The highest BCUT2D eigenvalue weighted by Crippen LogP contribution is 2.04. The van der Waals surface area contributed by atoms with Crippen LogP contribution in [0.15, 0.2) is 30.3 Å². The summed E-state index contributed by atoms with van der Waals surface area (Å²) in [5.41, 5.74) is 11.6. The van der Waals surface area contributed by atoms with Crippen LogP contribution in [0.25, 0.3) is 0 Å². The maximum Gasteiger partial charge on any atom is 0.243 e. The van der Waals surface area contributed by atoms with Crippen molar-refractivity contribution in [3.8, 4) is 0 Å². The Bertz CT molecular complexity index is 693. The molecule has 0 fully saturated rings. The Hall–Kier alpha value is -2.94. The van der Waals surface area contributed by atoms with E-state index in [2.05, 4.69) is 16.0 Å². The predicted octanol–water partition coefficient (Wildman–Crippen LogP) is -1.20. The molecule has 0 unspecified atom stereocenters. The number of nitrogens with two attached hydrogens (primary N) is 2. The first kappa shape index (κ1) is 23.1. The molecule has 0 aliphatic carbocycles. The molecular formula is C19H29N5O4. The fourth-order valence-electron chi connectivity index (χ4n) is 2.33. The van der Waals surface area contributed by atoms with Crippen LogP contribution in [0.4, 0.5) is 0 Å². The SMILES string of the molecule is CC(C)[C@H](N)C(=O)N[C@@H](C)C(=O)N[C@@H](Cc1ccccc1)C(=O)NCC(N)=O. The van der Waals surface area contributed by atoms with Gasteiger partial charge in [-0.05, 0) is 18.4 Å². The Morgan fingerprint density at radius 2 is 1.54 bits per heavy atom. The van der Waals surface area contributed by atoms with Crippen LogP contribution in [-0.2, 0) is 25.6 Å². The van der Waals surface area contributed by atoms with Crippen LogP contribution in [-0.4, -0.2) is 48.3 Å². The van der Waals surface area contributed by atoms with Gasteiger partial charge in [0, 0.05) is 6.42 Å². The van der Waals surface area contributed by atoms with Crippen LogP contribution in [0.2, 0.25) is 0 Å². The van der Waals surface area contributed by atoms with Crippen LogP contribution in [0.5, 0.6) is 0 Å². The van der Waals surface area contributed by atoms with Crippen molar-refractivity contribution in [3.05, 3.63) is 35.9 Å². The molecule has 4 amide bonds. The molecule has 1 aromatic carbocycles. The molecule has 1 aromatic rings. The van der Waals surface area contributed by atoms with E-state index >= 15 is 0 Å². The second-order valence-electron chi connectivity index (χ2n) is 6.94. The Morgan fingerprint density at radius 3 is 2.07 bits per heavy atom. The number of primary amides is 1. The normalized spacial score (nSPS) is 13.9. The van der Waals surface area contributed by atoms with E-state index in [1.54, 1.807) is 13.8 Å². The lowest BCUT2D eigenvalue weighted by atomic mass is 10.0. The molecule has 0 saturated carbocycles. The third-order valence-corrected chi connectivity index (χ3v) is 4.13. The highest BCUT2D eigenvalue weighted by molar-refractivity contribution is 5.93. The van der Waals surface area contributed by atoms with Gasteiger partial charge in [0.25, 0.3) is 0 Å². The average molecular weight is 391 g/mol. The van der Waals surface area contributed by atoms with E-state index in [1.807, 2.05) is 30.3 Å². The lowest BCUT2D eigenvalue weighted by Gasteiger charge is -2.23. The van der Waals surface area contributed by atoms with Crippen molar-refractivity contribution in [2.45, 2.75) is 45.3 Å². The van der Waals surface area contributed by atoms with Gasteiger partial charge in [0.15, 0.2) is 0 Å². The molecule has 0 bridgehead atoms. The number of benzene rings is 1. The van der Waals surface area contributed by atoms with Crippen LogP contribution < -0.4 is 27.4 Å². The van der Waals surface area contributed by atoms with Crippen molar-refractivity contribution in [2.24, 2.45) is 17.4 Å². The summed E-state index contributed by atoms with van der Waals surface area (Å²) in [5.74, 6) is -2.31. The highest BCUT2D eigenvalue weighted by Gasteiger charge is 2.26. The van der Waals surface area contributed by atoms with Crippen molar-refractivity contribution in [2.75, 3.05) is 6.54 Å². The predicted molar refractivity (Wildman–Crippen MR) is 105 cm³/mol. The van der Waals surface area contributed by atoms with Gasteiger partial charge in [-0.1, -0.05) is 44.2 Å². The third kappa shape index (κ3) is 7.75. The van der Waals surface area contributed by atoms with Crippen LogP contribution in [0.1, 0.15) is 26.3 Å². The maximum atomic E-state index is 12.5. The summed E-state index contributed by atoms with van der Waals surface area (Å²) >= 11 is 0. The monoisotopic (exact) mass is 391 g/mol. The van der Waals surface area contributed by atoms with Gasteiger partial charge in [-0.25, -0.2) is 0 Å². The second kappa shape index (κ2) is 11.0. The molecule has 0 aliphatic rings. The Balaban J connectivity index is 2.80. The third-order valence-electron chi connectivity index (χ3n) is 4.13. The van der Waals surface area contributed by atoms with E-state index < -0.39 is 41.8 Å². The molecule has 7 N–H and O–H groups in total. The number of rotatable bonds is 10. The summed E-state index contributed by atoms with van der Waals surface area (Å²) in [4.78, 5) is 47.8. The molecule has 1 rings (SSSR count). The van der Waals surface area contributed by atoms with Gasteiger partial charge in [0.05, 0.1) is 12.6 Å². The molecule has 0 aromatic heterocycles. The summed E-state index contributed by atoms with van der Waals surface area (Å²) < 4.78 is 0. The molecular weight excluding hydrogens is 362 g/mol. The van der Waals surface area contributed by atoms with Gasteiger partial charge >= 0.3 is 0 Å². The van der Waals surface area contributed by atoms with Crippen molar-refractivity contribution in [3.63, 3.8) is 0 Å². The lowest BCUT2D eigenvalue weighted by molar-refractivity contribution is -0.132. The van der Waals surface area contributed by atoms with Crippen molar-refractivity contribution < 1.29 is 19.2 Å². The Morgan fingerprint density at radius 1 is 0.929 bits per heavy atom. The molecule has 9 heteroatoms. The first-order valence-electron chi connectivity index (χ1n) is 9.08. The Labute approximate surface area is 164 Å². The van der Waals surface area contributed by atoms with Gasteiger partial charge in [-0.2, -0.15) is 0 Å². The second-order valence-corrected chi connectivity index (χ2v) is 6.94. The van der Waals surface area contributed by atoms with Gasteiger partial charge in [-0.3, -0.25) is 19.2 Å². The average Bonchev–Trinajstić information content (AvgIpc) is 2.65. The van der Waals surface area contributed by atoms with Gasteiger partial charge in [0.1, 0.15) is 12.1 Å². The number of nitrogens with one attached hydrogen (secondary N) is 3. The van der Waals surface area contributed by atoms with Gasteiger partial charge in [0.2, 0.25) is 23.6 Å². The standard InChI is InChI=1S/C19H29N5O4/c1-11(2)16(21)19(28)23-12(3)17(26)24-14(18(27)22-10-15(20)25)9-13-7-5-4-6-8-13/h4-8,11-12,14,16H,9-10,21H2,1-3H3,(H2,20,25)(H,22,27)(H,23,28)(H,24,26)/t12-,14-,16-/m0/s1. The zero-order valence-corrected chi connectivity index (χ0v) is 16.4. The molecule has 9 nitrogen and oxygen atoms in total. The van der Waals surface area contributed by atoms with E-state index in [0.29, 0.717) is 0 Å². The van der Waals surface area contributed by atoms with Crippen LogP contribution in [0, 0.1) is 5.92 Å². The minimum Gasteiger partial charge on any atom is -0.368 e. The summed E-state index contributed by atoms with van der Waals surface area (Å²) in [6.07, 6.45) is 0.212. The molecule has 28 heavy (non-hydrogen) atoms. The number of hydrogen-bond donors (Lipinski definition) is 5. The van der Waals surface area contributed by atoms with E-state index in [0.717, 1.165) is 5.56 Å². The van der Waals surface area contributed by atoms with Gasteiger partial charge in [-0.15, -0.1) is 0 Å². The van der Waals surface area contributed by atoms with Crippen molar-refractivity contribution in [1.29, 1.82) is 0 Å². The molecule has 0 saturated heterocycles. The minimum absolute atomic E-state index is 0.0827. The zero-order chi connectivity index (χ0) is 21.3. The maximum absolute atomic E-state index is 12.5. The van der Waals surface area contributed by atoms with Crippen molar-refractivity contribution in [1.82, 2.24) is 16.0 Å². The van der Waals surface area contributed by atoms with E-state index in [-0.39, 0.29) is 18.9 Å². The number of carbonyl (C=O) groups is 4. The summed E-state index contributed by atoms with van der Waals surface area (Å²) in [5, 5.41) is 7.53. The van der Waals surface area contributed by atoms with E-state index in [4.69, 9.17) is 11.5 Å². The number of hydrogen-bond acceptors (Lipinski definition) is 5. The van der Waals surface area contributed by atoms with Crippen LogP contribution in [0.3, 0.4) is 0 Å². The topological polar surface area (TPSA) is 156 Å². The minimum atomic E-state index is -0.938. The summed E-state index contributed by atoms with van der Waals surface area (Å²) in [6, 6.07) is 6.51. The van der Waals surface area contributed by atoms with E-state index in [1.165, 1.54) is 6.92 Å². The number of carbonyl (C=O) groups excluding carboxylic acids is 4. The highest BCUT2D eigenvalue weighted by atomic mass is 16.2. The summed E-state index contributed by atoms with van der Waals surface area (Å²) in [6.45, 7) is 4.76. The molecule has 0 radical (unpaired) electrons. The lowest BCUT2D eigenvalue weighted by Crippen LogP contribution is -2.56. The first-order chi connectivity index (χ1) is 13.1. The molecule has 0 heterocycles.